The third-order valence-electron chi connectivity index (χ3n) is 10.0. The number of rotatable bonds is 6. The summed E-state index contributed by atoms with van der Waals surface area (Å²) in [7, 11) is 2.09. The van der Waals surface area contributed by atoms with E-state index in [9.17, 15) is 14.9 Å². The number of benzene rings is 1. The van der Waals surface area contributed by atoms with Gasteiger partial charge in [0.1, 0.15) is 5.75 Å². The van der Waals surface area contributed by atoms with E-state index in [1.807, 2.05) is 24.3 Å². The summed E-state index contributed by atoms with van der Waals surface area (Å²) in [6.45, 7) is 6.63. The van der Waals surface area contributed by atoms with Crippen LogP contribution in [0.15, 0.2) is 36.9 Å². The molecular formula is C31H41FN6O4. The normalized spacial score (nSPS) is 37.0. The number of fused-ring (bicyclic) bond motifs is 2. The first-order chi connectivity index (χ1) is 20.3. The number of nitrogens with one attached hydrogen (secondary N) is 2. The molecule has 226 valence electrons. The van der Waals surface area contributed by atoms with Crippen LogP contribution in [0, 0.1) is 17.2 Å². The maximum absolute atomic E-state index is 15.9. The maximum Gasteiger partial charge on any atom is 0.246 e. The van der Waals surface area contributed by atoms with Gasteiger partial charge in [0.2, 0.25) is 5.91 Å². The fourth-order valence-corrected chi connectivity index (χ4v) is 7.65. The lowest BCUT2D eigenvalue weighted by molar-refractivity contribution is -0.167. The van der Waals surface area contributed by atoms with E-state index in [0.717, 1.165) is 24.9 Å². The number of amides is 1. The molecule has 0 bridgehead atoms. The number of Topliss-reactive ketones (excluding diaryl/α,β-unsaturated/α-hetero) is 1. The molecule has 4 fully saturated rings. The number of ether oxygens (including phenoxy) is 2. The number of ketones is 1. The molecule has 5 aliphatic rings. The lowest BCUT2D eigenvalue weighted by Gasteiger charge is -2.55. The van der Waals surface area contributed by atoms with Crippen LogP contribution in [0.2, 0.25) is 0 Å². The van der Waals surface area contributed by atoms with E-state index in [2.05, 4.69) is 40.1 Å². The van der Waals surface area contributed by atoms with Crippen molar-refractivity contribution < 1.29 is 23.5 Å². The average molecular weight is 581 g/mol. The lowest BCUT2D eigenvalue weighted by Crippen LogP contribution is -2.77. The Morgan fingerprint density at radius 2 is 2.10 bits per heavy atom. The summed E-state index contributed by atoms with van der Waals surface area (Å²) in [5.74, 6) is -0.0584. The molecule has 11 heteroatoms. The first kappa shape index (κ1) is 29.2. The van der Waals surface area contributed by atoms with E-state index in [-0.39, 0.29) is 49.1 Å². The number of carbonyl (C=O) groups is 2. The number of hydrogen-bond acceptors (Lipinski definition) is 9. The van der Waals surface area contributed by atoms with E-state index in [1.165, 1.54) is 6.08 Å². The summed E-state index contributed by atoms with van der Waals surface area (Å²) >= 11 is 0. The van der Waals surface area contributed by atoms with Crippen LogP contribution < -0.4 is 15.4 Å². The molecule has 10 nitrogen and oxygen atoms in total. The first-order valence-electron chi connectivity index (χ1n) is 15.2. The Bertz CT molecular complexity index is 1240. The van der Waals surface area contributed by atoms with Gasteiger partial charge in [0.25, 0.3) is 0 Å². The number of alkyl halides is 1. The summed E-state index contributed by atoms with van der Waals surface area (Å²) < 4.78 is 28.6. The molecular weight excluding hydrogens is 539 g/mol. The summed E-state index contributed by atoms with van der Waals surface area (Å²) in [6, 6.07) is 8.90. The lowest BCUT2D eigenvalue weighted by atomic mass is 9.68. The van der Waals surface area contributed by atoms with Crippen LogP contribution in [0.25, 0.3) is 0 Å². The molecule has 0 radical (unpaired) electrons. The van der Waals surface area contributed by atoms with Crippen molar-refractivity contribution in [2.75, 3.05) is 39.8 Å². The predicted octanol–water partition coefficient (Wildman–Crippen LogP) is 1.57. The van der Waals surface area contributed by atoms with Crippen molar-refractivity contribution in [1.82, 2.24) is 25.3 Å². The minimum absolute atomic E-state index is 0.143. The fourth-order valence-electron chi connectivity index (χ4n) is 7.65. The molecule has 4 heterocycles. The number of halogens is 1. The Balaban J connectivity index is 1.26. The predicted molar refractivity (Wildman–Crippen MR) is 153 cm³/mol. The number of nitrogens with zero attached hydrogens (tertiary/aromatic N) is 4. The molecule has 8 atom stereocenters. The Kier molecular flexibility index (Phi) is 8.35. The zero-order valence-electron chi connectivity index (χ0n) is 24.2. The Hall–Kier alpha value is -2.88. The van der Waals surface area contributed by atoms with Gasteiger partial charge < -0.3 is 19.3 Å². The third kappa shape index (κ3) is 5.24. The Morgan fingerprint density at radius 1 is 1.26 bits per heavy atom. The number of carbonyl (C=O) groups excluding carboxylic acids is 2. The van der Waals surface area contributed by atoms with Gasteiger partial charge in [0.15, 0.2) is 23.9 Å². The van der Waals surface area contributed by atoms with Gasteiger partial charge in [-0.05, 0) is 57.0 Å². The van der Waals surface area contributed by atoms with Crippen LogP contribution in [0.4, 0.5) is 4.39 Å². The van der Waals surface area contributed by atoms with Crippen molar-refractivity contribution in [2.24, 2.45) is 5.92 Å². The minimum atomic E-state index is -1.54. The summed E-state index contributed by atoms with van der Waals surface area (Å²) in [5, 5.41) is 16.5. The molecule has 1 amide bonds. The summed E-state index contributed by atoms with van der Waals surface area (Å²) in [6.07, 6.45) is 2.30. The molecule has 2 N–H and O–H groups in total. The molecule has 3 saturated heterocycles. The molecule has 1 saturated carbocycles. The molecule has 1 spiro atoms. The monoisotopic (exact) mass is 580 g/mol. The molecule has 4 aliphatic heterocycles. The van der Waals surface area contributed by atoms with Gasteiger partial charge in [-0.25, -0.2) is 4.39 Å². The average Bonchev–Trinajstić information content (AvgIpc) is 3.42. The quantitative estimate of drug-likeness (QED) is 0.485. The van der Waals surface area contributed by atoms with Crippen LogP contribution in [0.3, 0.4) is 0 Å². The van der Waals surface area contributed by atoms with E-state index in [4.69, 9.17) is 9.47 Å². The van der Waals surface area contributed by atoms with E-state index in [0.29, 0.717) is 44.5 Å². The van der Waals surface area contributed by atoms with Crippen LogP contribution >= 0.6 is 0 Å². The van der Waals surface area contributed by atoms with Crippen LogP contribution in [-0.4, -0.2) is 109 Å². The summed E-state index contributed by atoms with van der Waals surface area (Å²) in [5.41, 5.74) is -0.766. The van der Waals surface area contributed by atoms with E-state index >= 15 is 4.39 Å². The largest absolute Gasteiger partial charge is 0.476 e. The number of nitriles is 1. The second-order valence-electron chi connectivity index (χ2n) is 12.3. The number of likely N-dealkylation sites (N-methyl/N-ethyl adjacent to an activating group) is 1. The number of para-hydroxylation sites is 1. The third-order valence-corrected chi connectivity index (χ3v) is 10.0. The van der Waals surface area contributed by atoms with Gasteiger partial charge in [-0.3, -0.25) is 25.1 Å². The maximum atomic E-state index is 15.9. The molecule has 1 aromatic carbocycles. The van der Waals surface area contributed by atoms with Crippen LogP contribution in [-0.2, 0) is 20.7 Å². The second-order valence-corrected chi connectivity index (χ2v) is 12.3. The minimum Gasteiger partial charge on any atom is -0.476 e. The Labute approximate surface area is 246 Å². The van der Waals surface area contributed by atoms with Gasteiger partial charge in [-0.2, -0.15) is 5.26 Å². The number of piperazine rings is 1. The zero-order chi connectivity index (χ0) is 29.4. The van der Waals surface area contributed by atoms with Crippen molar-refractivity contribution in [3.8, 4) is 11.8 Å². The van der Waals surface area contributed by atoms with Gasteiger partial charge in [-0.1, -0.05) is 24.8 Å². The standard InChI is InChI=1S/C31H41FN6O4/c1-3-26(39)38-16-15-37(18-21(38)11-13-33)29-23-10-12-31(25(32)17-20-7-4-5-9-24(20)42-31)28(40)27(23)34-30(35-29)41-19-22-8-6-14-36(22)2/h3-5,7,9,21-23,25,27,29-30,34-35H,1,6,8,10-12,14-19H2,2H3/t21?,22?,23?,25?,27?,29?,30?,31-/m1/s1. The first-order valence-corrected chi connectivity index (χ1v) is 15.2. The van der Waals surface area contributed by atoms with E-state index < -0.39 is 24.2 Å². The van der Waals surface area contributed by atoms with Crippen molar-refractivity contribution in [3.05, 3.63) is 42.5 Å². The highest BCUT2D eigenvalue weighted by atomic mass is 19.1. The molecule has 42 heavy (non-hydrogen) atoms. The highest BCUT2D eigenvalue weighted by Gasteiger charge is 2.60. The zero-order valence-corrected chi connectivity index (χ0v) is 24.2. The SMILES string of the molecule is C=CC(=O)N1CCN(C2NC(OCC3CCCN3C)NC3C(=O)[C@]4(CCC32)Oc2ccccc2CC4F)CC1CC#N. The van der Waals surface area contributed by atoms with Gasteiger partial charge in [0, 0.05) is 38.0 Å². The second kappa shape index (κ2) is 12.0. The van der Waals surface area contributed by atoms with E-state index in [1.54, 1.807) is 4.90 Å². The number of hydrogen-bond donors (Lipinski definition) is 2. The van der Waals surface area contributed by atoms with Crippen molar-refractivity contribution in [3.63, 3.8) is 0 Å². The highest BCUT2D eigenvalue weighted by Crippen LogP contribution is 2.45. The molecule has 1 aliphatic carbocycles. The van der Waals surface area contributed by atoms with Gasteiger partial charge >= 0.3 is 0 Å². The van der Waals surface area contributed by atoms with Crippen LogP contribution in [0.1, 0.15) is 37.7 Å². The molecule has 6 rings (SSSR count). The van der Waals surface area contributed by atoms with Crippen molar-refractivity contribution >= 4 is 11.7 Å². The molecule has 0 aromatic heterocycles. The topological polar surface area (TPSA) is 110 Å². The van der Waals surface area contributed by atoms with Crippen molar-refractivity contribution in [1.29, 1.82) is 5.26 Å². The number of likely N-dealkylation sites (tertiary alicyclic amines) is 1. The summed E-state index contributed by atoms with van der Waals surface area (Å²) in [4.78, 5) is 33.1. The Morgan fingerprint density at radius 3 is 2.86 bits per heavy atom. The molecule has 1 aromatic rings. The smallest absolute Gasteiger partial charge is 0.246 e. The molecule has 7 unspecified atom stereocenters. The van der Waals surface area contributed by atoms with Gasteiger partial charge in [0.05, 0.1) is 37.3 Å². The fraction of sp³-hybridized carbons (Fsp3) is 0.645. The highest BCUT2D eigenvalue weighted by molar-refractivity contribution is 5.95. The van der Waals surface area contributed by atoms with Crippen LogP contribution in [0.5, 0.6) is 5.75 Å². The van der Waals surface area contributed by atoms with Crippen molar-refractivity contribution in [2.45, 2.75) is 80.9 Å². The van der Waals surface area contributed by atoms with Gasteiger partial charge in [-0.15, -0.1) is 0 Å².